The van der Waals surface area contributed by atoms with Gasteiger partial charge in [0, 0.05) is 31.4 Å². The first-order valence-corrected chi connectivity index (χ1v) is 10.9. The number of benzene rings is 2. The SMILES string of the molecule is CCOc1nc2ccccc2nc1N1CCCC(C(=O)Nc2ccc(NC(C)=O)cc2)C1. The highest BCUT2D eigenvalue weighted by atomic mass is 16.5. The van der Waals surface area contributed by atoms with E-state index in [1.807, 2.05) is 31.2 Å². The molecule has 3 aromatic rings. The minimum atomic E-state index is -0.179. The molecule has 2 N–H and O–H groups in total. The molecule has 166 valence electrons. The number of hydrogen-bond donors (Lipinski definition) is 2. The van der Waals surface area contributed by atoms with Gasteiger partial charge >= 0.3 is 0 Å². The van der Waals surface area contributed by atoms with Crippen LogP contribution in [0, 0.1) is 5.92 Å². The predicted molar refractivity (Wildman–Crippen MR) is 125 cm³/mol. The van der Waals surface area contributed by atoms with Gasteiger partial charge in [-0.15, -0.1) is 0 Å². The van der Waals surface area contributed by atoms with Gasteiger partial charge in [-0.05, 0) is 56.2 Å². The number of anilines is 3. The minimum Gasteiger partial charge on any atom is -0.475 e. The van der Waals surface area contributed by atoms with Gasteiger partial charge in [0.1, 0.15) is 0 Å². The number of para-hydroxylation sites is 2. The van der Waals surface area contributed by atoms with Crippen molar-refractivity contribution in [2.24, 2.45) is 5.92 Å². The fourth-order valence-corrected chi connectivity index (χ4v) is 3.88. The van der Waals surface area contributed by atoms with Gasteiger partial charge in [0.15, 0.2) is 5.82 Å². The molecule has 8 heteroatoms. The first-order chi connectivity index (χ1) is 15.5. The highest BCUT2D eigenvalue weighted by Gasteiger charge is 2.29. The Morgan fingerprint density at radius 2 is 1.69 bits per heavy atom. The summed E-state index contributed by atoms with van der Waals surface area (Å²) >= 11 is 0. The molecule has 0 bridgehead atoms. The summed E-state index contributed by atoms with van der Waals surface area (Å²) in [6.45, 7) is 5.21. The molecule has 1 saturated heterocycles. The second-order valence-electron chi connectivity index (χ2n) is 7.81. The maximum atomic E-state index is 13.0. The third-order valence-corrected chi connectivity index (χ3v) is 5.37. The minimum absolute atomic E-state index is 0.0336. The van der Waals surface area contributed by atoms with Crippen LogP contribution in [0.2, 0.25) is 0 Å². The van der Waals surface area contributed by atoms with Crippen LogP contribution < -0.4 is 20.3 Å². The zero-order chi connectivity index (χ0) is 22.5. The van der Waals surface area contributed by atoms with E-state index in [0.717, 1.165) is 30.4 Å². The summed E-state index contributed by atoms with van der Waals surface area (Å²) in [6.07, 6.45) is 1.68. The van der Waals surface area contributed by atoms with Gasteiger partial charge < -0.3 is 20.3 Å². The van der Waals surface area contributed by atoms with Gasteiger partial charge in [0.2, 0.25) is 11.8 Å². The average molecular weight is 434 g/mol. The monoisotopic (exact) mass is 433 g/mol. The molecule has 8 nitrogen and oxygen atoms in total. The Hall–Kier alpha value is -3.68. The zero-order valence-electron chi connectivity index (χ0n) is 18.3. The third-order valence-electron chi connectivity index (χ3n) is 5.37. The number of aromatic nitrogens is 2. The molecule has 0 radical (unpaired) electrons. The largest absolute Gasteiger partial charge is 0.475 e. The maximum Gasteiger partial charge on any atom is 0.258 e. The standard InChI is InChI=1S/C24H27N5O3/c1-3-32-24-22(27-20-8-4-5-9-21(20)28-24)29-14-6-7-17(15-29)23(31)26-19-12-10-18(11-13-19)25-16(2)30/h4-5,8-13,17H,3,6-7,14-15H2,1-2H3,(H,25,30)(H,26,31). The van der Waals surface area contributed by atoms with E-state index in [0.29, 0.717) is 36.2 Å². The molecule has 32 heavy (non-hydrogen) atoms. The van der Waals surface area contributed by atoms with E-state index < -0.39 is 0 Å². The molecule has 1 fully saturated rings. The molecule has 0 spiro atoms. The molecule has 2 aromatic carbocycles. The Morgan fingerprint density at radius 1 is 1.03 bits per heavy atom. The molecule has 2 heterocycles. The number of carbonyl (C=O) groups is 2. The highest BCUT2D eigenvalue weighted by molar-refractivity contribution is 5.94. The molecule has 1 unspecified atom stereocenters. The van der Waals surface area contributed by atoms with Crippen LogP contribution in [0.4, 0.5) is 17.2 Å². The summed E-state index contributed by atoms with van der Waals surface area (Å²) in [4.78, 5) is 35.7. The molecule has 1 atom stereocenters. The molecule has 0 aliphatic carbocycles. The molecule has 1 aliphatic rings. The number of fused-ring (bicyclic) bond motifs is 1. The summed E-state index contributed by atoms with van der Waals surface area (Å²) in [5.74, 6) is 0.839. The van der Waals surface area contributed by atoms with Crippen molar-refractivity contribution in [3.8, 4) is 5.88 Å². The fourth-order valence-electron chi connectivity index (χ4n) is 3.88. The Bertz CT molecular complexity index is 1120. The molecule has 1 aliphatic heterocycles. The van der Waals surface area contributed by atoms with Crippen LogP contribution in [0.3, 0.4) is 0 Å². The van der Waals surface area contributed by atoms with Crippen LogP contribution in [0.1, 0.15) is 26.7 Å². The van der Waals surface area contributed by atoms with Crippen molar-refractivity contribution in [1.82, 2.24) is 9.97 Å². The van der Waals surface area contributed by atoms with Gasteiger partial charge in [0.05, 0.1) is 23.6 Å². The van der Waals surface area contributed by atoms with Crippen molar-refractivity contribution >= 4 is 40.0 Å². The van der Waals surface area contributed by atoms with Gasteiger partial charge in [-0.25, -0.2) is 9.97 Å². The first kappa shape index (κ1) is 21.5. The summed E-state index contributed by atoms with van der Waals surface area (Å²) in [6, 6.07) is 14.8. The van der Waals surface area contributed by atoms with E-state index >= 15 is 0 Å². The molecular weight excluding hydrogens is 406 g/mol. The Morgan fingerprint density at radius 3 is 2.34 bits per heavy atom. The van der Waals surface area contributed by atoms with Gasteiger partial charge in [-0.3, -0.25) is 9.59 Å². The lowest BCUT2D eigenvalue weighted by Crippen LogP contribution is -2.41. The second-order valence-corrected chi connectivity index (χ2v) is 7.81. The van der Waals surface area contributed by atoms with Crippen molar-refractivity contribution in [3.05, 3.63) is 48.5 Å². The van der Waals surface area contributed by atoms with E-state index in [9.17, 15) is 9.59 Å². The quantitative estimate of drug-likeness (QED) is 0.613. The number of nitrogens with one attached hydrogen (secondary N) is 2. The second kappa shape index (κ2) is 9.64. The fraction of sp³-hybridized carbons (Fsp3) is 0.333. The number of ether oxygens (including phenoxy) is 1. The number of rotatable bonds is 6. The molecule has 2 amide bonds. The molecule has 1 aromatic heterocycles. The number of carbonyl (C=O) groups excluding carboxylic acids is 2. The van der Waals surface area contributed by atoms with Gasteiger partial charge in [-0.2, -0.15) is 0 Å². The highest BCUT2D eigenvalue weighted by Crippen LogP contribution is 2.31. The van der Waals surface area contributed by atoms with Crippen molar-refractivity contribution in [2.75, 3.05) is 35.2 Å². The summed E-state index contributed by atoms with van der Waals surface area (Å²) < 4.78 is 5.78. The van der Waals surface area contributed by atoms with Gasteiger partial charge in [0.25, 0.3) is 5.88 Å². The number of amides is 2. The lowest BCUT2D eigenvalue weighted by atomic mass is 9.97. The lowest BCUT2D eigenvalue weighted by molar-refractivity contribution is -0.120. The number of piperidine rings is 1. The van der Waals surface area contributed by atoms with E-state index in [1.165, 1.54) is 6.92 Å². The van der Waals surface area contributed by atoms with E-state index in [-0.39, 0.29) is 17.7 Å². The van der Waals surface area contributed by atoms with Crippen LogP contribution in [-0.4, -0.2) is 41.5 Å². The lowest BCUT2D eigenvalue weighted by Gasteiger charge is -2.33. The van der Waals surface area contributed by atoms with E-state index in [2.05, 4.69) is 20.5 Å². The van der Waals surface area contributed by atoms with Crippen LogP contribution >= 0.6 is 0 Å². The zero-order valence-corrected chi connectivity index (χ0v) is 18.3. The van der Waals surface area contributed by atoms with Crippen molar-refractivity contribution in [1.29, 1.82) is 0 Å². The Labute approximate surface area is 187 Å². The van der Waals surface area contributed by atoms with Crippen LogP contribution in [0.15, 0.2) is 48.5 Å². The molecule has 4 rings (SSSR count). The van der Waals surface area contributed by atoms with Crippen molar-refractivity contribution < 1.29 is 14.3 Å². The van der Waals surface area contributed by atoms with Crippen LogP contribution in [0.25, 0.3) is 11.0 Å². The third kappa shape index (κ3) is 4.96. The van der Waals surface area contributed by atoms with Crippen LogP contribution in [-0.2, 0) is 9.59 Å². The molecule has 0 saturated carbocycles. The number of nitrogens with zero attached hydrogens (tertiary/aromatic N) is 3. The van der Waals surface area contributed by atoms with Crippen molar-refractivity contribution in [3.63, 3.8) is 0 Å². The van der Waals surface area contributed by atoms with Crippen molar-refractivity contribution in [2.45, 2.75) is 26.7 Å². The Balaban J connectivity index is 1.49. The summed E-state index contributed by atoms with van der Waals surface area (Å²) in [5, 5.41) is 5.71. The summed E-state index contributed by atoms with van der Waals surface area (Å²) in [5.41, 5.74) is 2.98. The molecular formula is C24H27N5O3. The average Bonchev–Trinajstić information content (AvgIpc) is 2.80. The van der Waals surface area contributed by atoms with E-state index in [1.54, 1.807) is 24.3 Å². The Kier molecular flexibility index (Phi) is 6.49. The predicted octanol–water partition coefficient (Wildman–Crippen LogP) is 3.84. The van der Waals surface area contributed by atoms with Crippen LogP contribution in [0.5, 0.6) is 5.88 Å². The van der Waals surface area contributed by atoms with E-state index in [4.69, 9.17) is 9.72 Å². The first-order valence-electron chi connectivity index (χ1n) is 10.9. The normalized spacial score (nSPS) is 15.9. The smallest absolute Gasteiger partial charge is 0.258 e. The summed E-state index contributed by atoms with van der Waals surface area (Å²) in [7, 11) is 0. The number of hydrogen-bond acceptors (Lipinski definition) is 6. The topological polar surface area (TPSA) is 96.5 Å². The van der Waals surface area contributed by atoms with Gasteiger partial charge in [-0.1, -0.05) is 12.1 Å². The maximum absolute atomic E-state index is 13.0.